The van der Waals surface area contributed by atoms with E-state index in [-0.39, 0.29) is 41.8 Å². The van der Waals surface area contributed by atoms with Gasteiger partial charge in [-0.3, -0.25) is 4.79 Å². The summed E-state index contributed by atoms with van der Waals surface area (Å²) < 4.78 is 38.2. The molecule has 1 N–H and O–H groups in total. The summed E-state index contributed by atoms with van der Waals surface area (Å²) in [6.45, 7) is 5.57. The van der Waals surface area contributed by atoms with Crippen LogP contribution in [0.4, 0.5) is 0 Å². The third-order valence-electron chi connectivity index (χ3n) is 5.54. The number of carbonyl (C=O) groups excluding carboxylic acids is 2. The molecule has 0 radical (unpaired) electrons. The van der Waals surface area contributed by atoms with Crippen molar-refractivity contribution < 1.29 is 27.5 Å². The maximum absolute atomic E-state index is 13.1. The van der Waals surface area contributed by atoms with Gasteiger partial charge in [0.25, 0.3) is 5.91 Å². The number of aryl methyl sites for hydroxylation is 1. The molecule has 0 spiro atoms. The Bertz CT molecular complexity index is 1080. The molecule has 0 aromatic heterocycles. The number of carbonyl (C=O) groups is 2. The third kappa shape index (κ3) is 7.12. The predicted octanol–water partition coefficient (Wildman–Crippen LogP) is 2.78. The van der Waals surface area contributed by atoms with Gasteiger partial charge in [0.15, 0.2) is 6.61 Å². The zero-order valence-corrected chi connectivity index (χ0v) is 20.6. The average Bonchev–Trinajstić information content (AvgIpc) is 2.81. The summed E-state index contributed by atoms with van der Waals surface area (Å²) in [7, 11) is -3.79. The van der Waals surface area contributed by atoms with E-state index < -0.39 is 28.5 Å². The van der Waals surface area contributed by atoms with Crippen molar-refractivity contribution >= 4 is 21.9 Å². The Morgan fingerprint density at radius 2 is 1.76 bits per heavy atom. The molecule has 3 atom stereocenters. The number of amides is 1. The number of sulfonamides is 1. The molecule has 1 aliphatic rings. The standard InChI is InChI=1S/C25H32N2O6S/c1-18(12-13-21-8-5-4-6-9-21)26-24(28)17-32-25(29)22-10-7-11-23(14-22)34(30,31)27-15-19(2)33-20(3)16-27/h4-11,14,18-20H,12-13,15-17H2,1-3H3,(H,26,28). The number of hydrogen-bond acceptors (Lipinski definition) is 6. The maximum atomic E-state index is 13.1. The molecule has 34 heavy (non-hydrogen) atoms. The van der Waals surface area contributed by atoms with E-state index >= 15 is 0 Å². The lowest BCUT2D eigenvalue weighted by molar-refractivity contribution is -0.124. The van der Waals surface area contributed by atoms with Crippen LogP contribution in [0.15, 0.2) is 59.5 Å². The van der Waals surface area contributed by atoms with Gasteiger partial charge in [-0.2, -0.15) is 4.31 Å². The number of hydrogen-bond donors (Lipinski definition) is 1. The Morgan fingerprint density at radius 3 is 2.44 bits per heavy atom. The van der Waals surface area contributed by atoms with E-state index in [2.05, 4.69) is 5.32 Å². The van der Waals surface area contributed by atoms with Crippen LogP contribution in [0.25, 0.3) is 0 Å². The van der Waals surface area contributed by atoms with Gasteiger partial charge in [0, 0.05) is 19.1 Å². The van der Waals surface area contributed by atoms with Crippen LogP contribution in [0, 0.1) is 0 Å². The SMILES string of the molecule is CC(CCc1ccccc1)NC(=O)COC(=O)c1cccc(S(=O)(=O)N2CC(C)OC(C)C2)c1. The van der Waals surface area contributed by atoms with E-state index in [9.17, 15) is 18.0 Å². The molecule has 2 aromatic rings. The Labute approximate surface area is 201 Å². The van der Waals surface area contributed by atoms with E-state index in [0.717, 1.165) is 12.8 Å². The summed E-state index contributed by atoms with van der Waals surface area (Å²) in [4.78, 5) is 24.7. The summed E-state index contributed by atoms with van der Waals surface area (Å²) in [5, 5.41) is 2.81. The Kier molecular flexibility index (Phi) is 8.82. The van der Waals surface area contributed by atoms with Gasteiger partial charge in [-0.25, -0.2) is 13.2 Å². The van der Waals surface area contributed by atoms with Crippen molar-refractivity contribution in [3.63, 3.8) is 0 Å². The first-order valence-electron chi connectivity index (χ1n) is 11.4. The molecule has 1 fully saturated rings. The minimum absolute atomic E-state index is 0.00207. The normalized spacial score (nSPS) is 19.9. The van der Waals surface area contributed by atoms with Gasteiger partial charge in [-0.1, -0.05) is 36.4 Å². The quantitative estimate of drug-likeness (QED) is 0.545. The number of ether oxygens (including phenoxy) is 2. The summed E-state index contributed by atoms with van der Waals surface area (Å²) in [6, 6.07) is 15.6. The molecular weight excluding hydrogens is 456 g/mol. The maximum Gasteiger partial charge on any atom is 0.338 e. The fourth-order valence-electron chi connectivity index (χ4n) is 3.89. The van der Waals surface area contributed by atoms with Crippen LogP contribution in [-0.2, 0) is 30.7 Å². The van der Waals surface area contributed by atoms with Gasteiger partial charge in [-0.15, -0.1) is 0 Å². The highest BCUT2D eigenvalue weighted by molar-refractivity contribution is 7.89. The third-order valence-corrected chi connectivity index (χ3v) is 7.37. The first-order chi connectivity index (χ1) is 16.1. The van der Waals surface area contributed by atoms with Gasteiger partial charge < -0.3 is 14.8 Å². The van der Waals surface area contributed by atoms with Crippen LogP contribution in [0.5, 0.6) is 0 Å². The largest absolute Gasteiger partial charge is 0.452 e. The topological polar surface area (TPSA) is 102 Å². The van der Waals surface area contributed by atoms with Gasteiger partial charge >= 0.3 is 5.97 Å². The molecule has 1 aliphatic heterocycles. The smallest absolute Gasteiger partial charge is 0.338 e. The van der Waals surface area contributed by atoms with Crippen molar-refractivity contribution in [1.82, 2.24) is 9.62 Å². The molecule has 0 saturated carbocycles. The molecule has 1 amide bonds. The molecule has 3 unspecified atom stereocenters. The molecule has 8 nitrogen and oxygen atoms in total. The number of esters is 1. The summed E-state index contributed by atoms with van der Waals surface area (Å²) in [5.74, 6) is -1.16. The van der Waals surface area contributed by atoms with Crippen molar-refractivity contribution in [2.45, 2.75) is 56.8 Å². The van der Waals surface area contributed by atoms with Crippen LogP contribution in [0.1, 0.15) is 43.1 Å². The first kappa shape index (κ1) is 25.9. The molecule has 1 heterocycles. The van der Waals surface area contributed by atoms with Crippen molar-refractivity contribution in [2.75, 3.05) is 19.7 Å². The molecular formula is C25H32N2O6S. The predicted molar refractivity (Wildman–Crippen MR) is 128 cm³/mol. The number of nitrogens with zero attached hydrogens (tertiary/aromatic N) is 1. The zero-order chi connectivity index (χ0) is 24.7. The molecule has 3 rings (SSSR count). The fraction of sp³-hybridized carbons (Fsp3) is 0.440. The highest BCUT2D eigenvalue weighted by atomic mass is 32.2. The van der Waals surface area contributed by atoms with Crippen molar-refractivity contribution in [1.29, 1.82) is 0 Å². The number of morpholine rings is 1. The highest BCUT2D eigenvalue weighted by Gasteiger charge is 2.32. The molecule has 9 heteroatoms. The van der Waals surface area contributed by atoms with E-state index in [4.69, 9.17) is 9.47 Å². The van der Waals surface area contributed by atoms with E-state index in [1.54, 1.807) is 0 Å². The van der Waals surface area contributed by atoms with Crippen LogP contribution in [-0.4, -0.2) is 62.5 Å². The number of nitrogens with one attached hydrogen (secondary N) is 1. The summed E-state index contributed by atoms with van der Waals surface area (Å²) in [5.41, 5.74) is 1.26. The number of benzene rings is 2. The second kappa shape index (κ2) is 11.6. The van der Waals surface area contributed by atoms with Crippen molar-refractivity contribution in [3.05, 3.63) is 65.7 Å². The molecule has 2 aromatic carbocycles. The zero-order valence-electron chi connectivity index (χ0n) is 19.8. The minimum atomic E-state index is -3.79. The van der Waals surface area contributed by atoms with Crippen LogP contribution < -0.4 is 5.32 Å². The number of rotatable bonds is 9. The first-order valence-corrected chi connectivity index (χ1v) is 12.8. The van der Waals surface area contributed by atoms with Crippen LogP contribution >= 0.6 is 0 Å². The van der Waals surface area contributed by atoms with Gasteiger partial charge in [0.1, 0.15) is 0 Å². The van der Waals surface area contributed by atoms with Gasteiger partial charge in [0.2, 0.25) is 10.0 Å². The molecule has 0 aliphatic carbocycles. The Balaban J connectivity index is 1.53. The average molecular weight is 489 g/mol. The highest BCUT2D eigenvalue weighted by Crippen LogP contribution is 2.22. The van der Waals surface area contributed by atoms with Crippen LogP contribution in [0.2, 0.25) is 0 Å². The Morgan fingerprint density at radius 1 is 1.09 bits per heavy atom. The van der Waals surface area contributed by atoms with E-state index in [0.29, 0.717) is 0 Å². The second-order valence-electron chi connectivity index (χ2n) is 8.68. The molecule has 0 bridgehead atoms. The molecule has 184 valence electrons. The minimum Gasteiger partial charge on any atom is -0.452 e. The van der Waals surface area contributed by atoms with E-state index in [1.807, 2.05) is 51.1 Å². The lowest BCUT2D eigenvalue weighted by atomic mass is 10.1. The van der Waals surface area contributed by atoms with Gasteiger partial charge in [0.05, 0.1) is 22.7 Å². The fourth-order valence-corrected chi connectivity index (χ4v) is 5.53. The summed E-state index contributed by atoms with van der Waals surface area (Å²) in [6.07, 6.45) is 1.13. The van der Waals surface area contributed by atoms with Crippen molar-refractivity contribution in [3.8, 4) is 0 Å². The monoisotopic (exact) mass is 488 g/mol. The lowest BCUT2D eigenvalue weighted by Crippen LogP contribution is -2.48. The second-order valence-corrected chi connectivity index (χ2v) is 10.6. The lowest BCUT2D eigenvalue weighted by Gasteiger charge is -2.34. The summed E-state index contributed by atoms with van der Waals surface area (Å²) >= 11 is 0. The van der Waals surface area contributed by atoms with Crippen molar-refractivity contribution in [2.24, 2.45) is 0 Å². The van der Waals surface area contributed by atoms with Gasteiger partial charge in [-0.05, 0) is 57.4 Å². The van der Waals surface area contributed by atoms with Crippen LogP contribution in [0.3, 0.4) is 0 Å². The Hall–Kier alpha value is -2.75. The van der Waals surface area contributed by atoms with E-state index in [1.165, 1.54) is 34.1 Å². The molecule has 1 saturated heterocycles.